The third-order valence-electron chi connectivity index (χ3n) is 4.16. The fraction of sp³-hybridized carbons (Fsp3) is 0.368. The molecule has 1 aromatic carbocycles. The molecule has 0 saturated heterocycles. The summed E-state index contributed by atoms with van der Waals surface area (Å²) < 4.78 is 11.4. The van der Waals surface area contributed by atoms with Crippen LogP contribution in [0.4, 0.5) is 0 Å². The van der Waals surface area contributed by atoms with Crippen LogP contribution in [0.2, 0.25) is 0 Å². The zero-order chi connectivity index (χ0) is 20.8. The molecule has 2 N–H and O–H groups in total. The molecule has 1 amide bonds. The van der Waals surface area contributed by atoms with Gasteiger partial charge in [-0.05, 0) is 13.0 Å². The summed E-state index contributed by atoms with van der Waals surface area (Å²) in [6.45, 7) is 2.39. The van der Waals surface area contributed by atoms with Crippen LogP contribution in [0, 0.1) is 0 Å². The van der Waals surface area contributed by atoms with Crippen molar-refractivity contribution in [2.75, 3.05) is 32.6 Å². The molecule has 29 heavy (non-hydrogen) atoms. The van der Waals surface area contributed by atoms with Crippen molar-refractivity contribution in [2.24, 2.45) is 0 Å². The minimum absolute atomic E-state index is 0.00664. The third kappa shape index (κ3) is 4.77. The first-order valence-electron chi connectivity index (χ1n) is 9.10. The van der Waals surface area contributed by atoms with Crippen LogP contribution in [0.15, 0.2) is 34.2 Å². The van der Waals surface area contributed by atoms with E-state index in [1.165, 1.54) is 4.57 Å². The SMILES string of the molecule is CCOC(=O)CNC(=O)CSc1nc2c([nH]c3ccccc32)c(=O)n1CCOC. The highest BCUT2D eigenvalue weighted by Crippen LogP contribution is 2.24. The van der Waals surface area contributed by atoms with E-state index in [-0.39, 0.29) is 30.4 Å². The number of aromatic amines is 1. The lowest BCUT2D eigenvalue weighted by molar-refractivity contribution is -0.143. The van der Waals surface area contributed by atoms with E-state index in [1.807, 2.05) is 24.3 Å². The Morgan fingerprint density at radius 2 is 2.10 bits per heavy atom. The van der Waals surface area contributed by atoms with Crippen molar-refractivity contribution in [1.82, 2.24) is 19.9 Å². The molecular weight excluding hydrogens is 396 g/mol. The molecule has 2 aromatic heterocycles. The fourth-order valence-corrected chi connectivity index (χ4v) is 3.68. The summed E-state index contributed by atoms with van der Waals surface area (Å²) in [5.74, 6) is -0.844. The van der Waals surface area contributed by atoms with E-state index in [2.05, 4.69) is 15.3 Å². The zero-order valence-corrected chi connectivity index (χ0v) is 17.0. The number of nitrogens with one attached hydrogen (secondary N) is 2. The highest BCUT2D eigenvalue weighted by Gasteiger charge is 2.17. The number of rotatable bonds is 9. The largest absolute Gasteiger partial charge is 0.465 e. The van der Waals surface area contributed by atoms with Crippen molar-refractivity contribution in [1.29, 1.82) is 0 Å². The second-order valence-corrected chi connectivity index (χ2v) is 7.05. The molecule has 0 spiro atoms. The molecule has 0 aliphatic rings. The Bertz CT molecular complexity index is 1090. The summed E-state index contributed by atoms with van der Waals surface area (Å²) in [6, 6.07) is 7.53. The number of fused-ring (bicyclic) bond motifs is 3. The Hall–Kier alpha value is -2.85. The van der Waals surface area contributed by atoms with Gasteiger partial charge in [-0.1, -0.05) is 30.0 Å². The predicted octanol–water partition coefficient (Wildman–Crippen LogP) is 1.30. The second kappa shape index (κ2) is 9.57. The molecule has 0 bridgehead atoms. The number of esters is 1. The van der Waals surface area contributed by atoms with E-state index >= 15 is 0 Å². The van der Waals surface area contributed by atoms with E-state index in [0.717, 1.165) is 22.7 Å². The van der Waals surface area contributed by atoms with Crippen LogP contribution in [0.3, 0.4) is 0 Å². The average Bonchev–Trinajstić information content (AvgIpc) is 3.09. The zero-order valence-electron chi connectivity index (χ0n) is 16.2. The van der Waals surface area contributed by atoms with E-state index in [4.69, 9.17) is 9.47 Å². The summed E-state index contributed by atoms with van der Waals surface area (Å²) in [7, 11) is 1.55. The highest BCUT2D eigenvalue weighted by molar-refractivity contribution is 7.99. The van der Waals surface area contributed by atoms with Gasteiger partial charge in [-0.3, -0.25) is 19.0 Å². The van der Waals surface area contributed by atoms with Gasteiger partial charge in [0.15, 0.2) is 5.16 Å². The average molecular weight is 418 g/mol. The van der Waals surface area contributed by atoms with Gasteiger partial charge in [-0.15, -0.1) is 0 Å². The number of para-hydroxylation sites is 1. The van der Waals surface area contributed by atoms with Crippen LogP contribution in [0.5, 0.6) is 0 Å². The maximum absolute atomic E-state index is 13.0. The van der Waals surface area contributed by atoms with Crippen LogP contribution in [-0.2, 0) is 25.6 Å². The number of hydrogen-bond acceptors (Lipinski definition) is 7. The van der Waals surface area contributed by atoms with Crippen LogP contribution < -0.4 is 10.9 Å². The first kappa shape index (κ1) is 20.9. The second-order valence-electron chi connectivity index (χ2n) is 6.11. The van der Waals surface area contributed by atoms with Gasteiger partial charge in [0.25, 0.3) is 5.56 Å². The Kier molecular flexibility index (Phi) is 6.89. The monoisotopic (exact) mass is 418 g/mol. The molecule has 0 atom stereocenters. The maximum Gasteiger partial charge on any atom is 0.325 e. The molecular formula is C19H22N4O5S. The number of aromatic nitrogens is 3. The van der Waals surface area contributed by atoms with Gasteiger partial charge >= 0.3 is 5.97 Å². The van der Waals surface area contributed by atoms with Crippen LogP contribution in [-0.4, -0.2) is 59.0 Å². The topological polar surface area (TPSA) is 115 Å². The first-order chi connectivity index (χ1) is 14.0. The Morgan fingerprint density at radius 1 is 1.31 bits per heavy atom. The molecule has 3 aromatic rings. The lowest BCUT2D eigenvalue weighted by atomic mass is 10.2. The lowest BCUT2D eigenvalue weighted by Gasteiger charge is -2.11. The van der Waals surface area contributed by atoms with Gasteiger partial charge in [-0.2, -0.15) is 0 Å². The van der Waals surface area contributed by atoms with Gasteiger partial charge in [0, 0.05) is 18.0 Å². The predicted molar refractivity (Wildman–Crippen MR) is 110 cm³/mol. The minimum atomic E-state index is -0.499. The Balaban J connectivity index is 1.86. The Labute approximate surface area is 170 Å². The van der Waals surface area contributed by atoms with Crippen molar-refractivity contribution in [2.45, 2.75) is 18.6 Å². The van der Waals surface area contributed by atoms with Crippen LogP contribution in [0.1, 0.15) is 6.92 Å². The van der Waals surface area contributed by atoms with Crippen LogP contribution >= 0.6 is 11.8 Å². The standard InChI is InChI=1S/C19H22N4O5S/c1-3-28-15(25)10-20-14(24)11-29-19-22-16-12-6-4-5-7-13(12)21-17(16)18(26)23(19)8-9-27-2/h4-7,21H,3,8-11H2,1-2H3,(H,20,24). The number of H-pyrrole nitrogens is 1. The molecule has 0 aliphatic heterocycles. The van der Waals surface area contributed by atoms with E-state index in [1.54, 1.807) is 14.0 Å². The first-order valence-corrected chi connectivity index (χ1v) is 10.1. The highest BCUT2D eigenvalue weighted by atomic mass is 32.2. The van der Waals surface area contributed by atoms with Gasteiger partial charge in [0.1, 0.15) is 17.6 Å². The van der Waals surface area contributed by atoms with Gasteiger partial charge in [-0.25, -0.2) is 4.98 Å². The summed E-state index contributed by atoms with van der Waals surface area (Å²) in [5, 5.41) is 3.75. The number of nitrogens with zero attached hydrogens (tertiary/aromatic N) is 2. The molecule has 0 aliphatic carbocycles. The number of amides is 1. The van der Waals surface area contributed by atoms with Crippen molar-refractivity contribution in [3.05, 3.63) is 34.6 Å². The molecule has 3 rings (SSSR count). The van der Waals surface area contributed by atoms with Gasteiger partial charge < -0.3 is 19.8 Å². The summed E-state index contributed by atoms with van der Waals surface area (Å²) in [5.41, 5.74) is 1.57. The summed E-state index contributed by atoms with van der Waals surface area (Å²) in [4.78, 5) is 44.2. The van der Waals surface area contributed by atoms with Crippen molar-refractivity contribution >= 4 is 45.6 Å². The normalized spacial score (nSPS) is 11.1. The van der Waals surface area contributed by atoms with E-state index < -0.39 is 5.97 Å². The van der Waals surface area contributed by atoms with Gasteiger partial charge in [0.2, 0.25) is 5.91 Å². The number of benzene rings is 1. The summed E-state index contributed by atoms with van der Waals surface area (Å²) >= 11 is 1.13. The third-order valence-corrected chi connectivity index (χ3v) is 5.14. The van der Waals surface area contributed by atoms with Crippen molar-refractivity contribution in [3.63, 3.8) is 0 Å². The maximum atomic E-state index is 13.0. The number of carbonyl (C=O) groups is 2. The molecule has 0 saturated carbocycles. The minimum Gasteiger partial charge on any atom is -0.465 e. The smallest absolute Gasteiger partial charge is 0.325 e. The molecule has 9 nitrogen and oxygen atoms in total. The number of ether oxygens (including phenoxy) is 2. The fourth-order valence-electron chi connectivity index (χ4n) is 2.83. The van der Waals surface area contributed by atoms with E-state index in [0.29, 0.717) is 29.3 Å². The van der Waals surface area contributed by atoms with Crippen molar-refractivity contribution in [3.8, 4) is 0 Å². The number of thioether (sulfide) groups is 1. The quantitative estimate of drug-likeness (QED) is 0.306. The molecule has 0 unspecified atom stereocenters. The molecule has 154 valence electrons. The van der Waals surface area contributed by atoms with Crippen molar-refractivity contribution < 1.29 is 19.1 Å². The molecule has 0 fully saturated rings. The van der Waals surface area contributed by atoms with E-state index in [9.17, 15) is 14.4 Å². The number of carbonyl (C=O) groups excluding carboxylic acids is 2. The lowest BCUT2D eigenvalue weighted by Crippen LogP contribution is -2.32. The number of methoxy groups -OCH3 is 1. The molecule has 0 radical (unpaired) electrons. The number of hydrogen-bond donors (Lipinski definition) is 2. The molecule has 2 heterocycles. The Morgan fingerprint density at radius 3 is 2.86 bits per heavy atom. The molecule has 10 heteroatoms. The van der Waals surface area contributed by atoms with Crippen LogP contribution in [0.25, 0.3) is 21.9 Å². The van der Waals surface area contributed by atoms with Gasteiger partial charge in [0.05, 0.1) is 25.5 Å². The summed E-state index contributed by atoms with van der Waals surface area (Å²) in [6.07, 6.45) is 0.